The number of carbonyl (C=O) groups excluding carboxylic acids is 1. The number of ether oxygens (including phenoxy) is 1. The van der Waals surface area contributed by atoms with E-state index in [0.29, 0.717) is 23.5 Å². The van der Waals surface area contributed by atoms with E-state index in [4.69, 9.17) is 16.3 Å². The van der Waals surface area contributed by atoms with Crippen LogP contribution in [0.25, 0.3) is 0 Å². The van der Waals surface area contributed by atoms with Gasteiger partial charge >= 0.3 is 0 Å². The normalized spacial score (nSPS) is 10.3. The molecule has 0 aliphatic carbocycles. The van der Waals surface area contributed by atoms with Crippen molar-refractivity contribution in [2.24, 2.45) is 0 Å². The summed E-state index contributed by atoms with van der Waals surface area (Å²) < 4.78 is 18.4. The van der Waals surface area contributed by atoms with Crippen LogP contribution < -0.4 is 4.74 Å². The van der Waals surface area contributed by atoms with Gasteiger partial charge < -0.3 is 4.74 Å². The fourth-order valence-corrected chi connectivity index (χ4v) is 2.15. The third-order valence-electron chi connectivity index (χ3n) is 2.85. The standard InChI is InChI=1S/C16H14ClFO2/c1-2-20-16-6-4-3-5-13(16)15(19)9-11-7-8-12(18)10-14(11)17/h3-8,10H,2,9H2,1H3. The maximum absolute atomic E-state index is 13.0. The molecule has 0 amide bonds. The lowest BCUT2D eigenvalue weighted by Gasteiger charge is -2.09. The molecule has 104 valence electrons. The van der Waals surface area contributed by atoms with Crippen molar-refractivity contribution in [3.05, 3.63) is 64.4 Å². The summed E-state index contributed by atoms with van der Waals surface area (Å²) in [7, 11) is 0. The molecule has 20 heavy (non-hydrogen) atoms. The number of rotatable bonds is 5. The molecule has 0 spiro atoms. The fourth-order valence-electron chi connectivity index (χ4n) is 1.91. The first-order chi connectivity index (χ1) is 9.61. The van der Waals surface area contributed by atoms with Crippen molar-refractivity contribution in [3.63, 3.8) is 0 Å². The van der Waals surface area contributed by atoms with Gasteiger partial charge in [0.1, 0.15) is 11.6 Å². The van der Waals surface area contributed by atoms with E-state index in [1.165, 1.54) is 18.2 Å². The van der Waals surface area contributed by atoms with E-state index in [1.807, 2.05) is 13.0 Å². The zero-order valence-corrected chi connectivity index (χ0v) is 11.8. The van der Waals surface area contributed by atoms with Gasteiger partial charge in [0, 0.05) is 11.4 Å². The Balaban J connectivity index is 2.24. The van der Waals surface area contributed by atoms with Crippen LogP contribution in [0.1, 0.15) is 22.8 Å². The molecule has 4 heteroatoms. The topological polar surface area (TPSA) is 26.3 Å². The minimum absolute atomic E-state index is 0.109. The predicted octanol–water partition coefficient (Wildman–Crippen LogP) is 4.30. The van der Waals surface area contributed by atoms with Gasteiger partial charge in [0.15, 0.2) is 5.78 Å². The first-order valence-corrected chi connectivity index (χ1v) is 6.68. The lowest BCUT2D eigenvalue weighted by molar-refractivity contribution is 0.0989. The summed E-state index contributed by atoms with van der Waals surface area (Å²) in [4.78, 5) is 12.3. The first kappa shape index (κ1) is 14.5. The van der Waals surface area contributed by atoms with E-state index >= 15 is 0 Å². The second-order valence-corrected chi connectivity index (χ2v) is 4.67. The van der Waals surface area contributed by atoms with E-state index in [0.717, 1.165) is 0 Å². The van der Waals surface area contributed by atoms with Gasteiger partial charge in [0.25, 0.3) is 0 Å². The molecule has 2 rings (SSSR count). The Hall–Kier alpha value is -1.87. The van der Waals surface area contributed by atoms with E-state index in [2.05, 4.69) is 0 Å². The molecule has 0 saturated heterocycles. The largest absolute Gasteiger partial charge is 0.493 e. The summed E-state index contributed by atoms with van der Waals surface area (Å²) in [6, 6.07) is 11.1. The average Bonchev–Trinajstić information content (AvgIpc) is 2.43. The van der Waals surface area contributed by atoms with Gasteiger partial charge in [-0.3, -0.25) is 4.79 Å². The molecule has 2 aromatic carbocycles. The molecule has 2 aromatic rings. The highest BCUT2D eigenvalue weighted by atomic mass is 35.5. The minimum atomic E-state index is -0.416. The molecule has 0 heterocycles. The van der Waals surface area contributed by atoms with Gasteiger partial charge in [0.2, 0.25) is 0 Å². The summed E-state index contributed by atoms with van der Waals surface area (Å²) >= 11 is 5.94. The van der Waals surface area contributed by atoms with E-state index < -0.39 is 5.82 Å². The van der Waals surface area contributed by atoms with Gasteiger partial charge in [-0.2, -0.15) is 0 Å². The smallest absolute Gasteiger partial charge is 0.171 e. The highest BCUT2D eigenvalue weighted by Gasteiger charge is 2.14. The number of halogens is 2. The zero-order valence-electron chi connectivity index (χ0n) is 11.0. The van der Waals surface area contributed by atoms with Crippen LogP contribution >= 0.6 is 11.6 Å². The molecule has 0 atom stereocenters. The van der Waals surface area contributed by atoms with Crippen LogP contribution in [0.15, 0.2) is 42.5 Å². The van der Waals surface area contributed by atoms with Gasteiger partial charge in [-0.1, -0.05) is 29.8 Å². The van der Waals surface area contributed by atoms with Crippen LogP contribution in [0.4, 0.5) is 4.39 Å². The van der Waals surface area contributed by atoms with Crippen molar-refractivity contribution in [2.45, 2.75) is 13.3 Å². The molecular weight excluding hydrogens is 279 g/mol. The second-order valence-electron chi connectivity index (χ2n) is 4.26. The second kappa shape index (κ2) is 6.53. The number of hydrogen-bond acceptors (Lipinski definition) is 2. The van der Waals surface area contributed by atoms with E-state index in [1.54, 1.807) is 18.2 Å². The highest BCUT2D eigenvalue weighted by molar-refractivity contribution is 6.31. The Morgan fingerprint density at radius 1 is 1.25 bits per heavy atom. The lowest BCUT2D eigenvalue weighted by atomic mass is 10.0. The molecule has 0 aliphatic rings. The molecule has 0 bridgehead atoms. The number of ketones is 1. The summed E-state index contributed by atoms with van der Waals surface area (Å²) in [5.74, 6) is 0.0294. The Kier molecular flexibility index (Phi) is 4.74. The maximum Gasteiger partial charge on any atom is 0.171 e. The van der Waals surface area contributed by atoms with Crippen molar-refractivity contribution in [1.29, 1.82) is 0 Å². The number of carbonyl (C=O) groups is 1. The minimum Gasteiger partial charge on any atom is -0.493 e. The third kappa shape index (κ3) is 3.36. The number of benzene rings is 2. The molecule has 0 saturated carbocycles. The molecule has 0 radical (unpaired) electrons. The van der Waals surface area contributed by atoms with E-state index in [9.17, 15) is 9.18 Å². The lowest BCUT2D eigenvalue weighted by Crippen LogP contribution is -2.07. The van der Waals surface area contributed by atoms with Crippen LogP contribution in [-0.4, -0.2) is 12.4 Å². The van der Waals surface area contributed by atoms with Crippen molar-refractivity contribution >= 4 is 17.4 Å². The average molecular weight is 293 g/mol. The Bertz CT molecular complexity index is 626. The number of para-hydroxylation sites is 1. The summed E-state index contributed by atoms with van der Waals surface area (Å²) in [6.07, 6.45) is 0.114. The predicted molar refractivity (Wildman–Crippen MR) is 77.1 cm³/mol. The van der Waals surface area contributed by atoms with Crippen LogP contribution in [0.2, 0.25) is 5.02 Å². The van der Waals surface area contributed by atoms with Crippen LogP contribution in [0.3, 0.4) is 0 Å². The highest BCUT2D eigenvalue weighted by Crippen LogP contribution is 2.23. The molecule has 0 unspecified atom stereocenters. The SMILES string of the molecule is CCOc1ccccc1C(=O)Cc1ccc(F)cc1Cl. The van der Waals surface area contributed by atoms with Gasteiger partial charge in [-0.25, -0.2) is 4.39 Å². The number of Topliss-reactive ketones (excluding diaryl/α,β-unsaturated/α-hetero) is 1. The monoisotopic (exact) mass is 292 g/mol. The van der Waals surface area contributed by atoms with Gasteiger partial charge in [-0.05, 0) is 36.8 Å². The molecule has 0 aromatic heterocycles. The third-order valence-corrected chi connectivity index (χ3v) is 3.21. The maximum atomic E-state index is 13.0. The molecule has 0 aliphatic heterocycles. The Labute approximate surface area is 122 Å². The summed E-state index contributed by atoms with van der Waals surface area (Å²) in [5.41, 5.74) is 1.11. The Morgan fingerprint density at radius 2 is 2.00 bits per heavy atom. The first-order valence-electron chi connectivity index (χ1n) is 6.30. The van der Waals surface area contributed by atoms with Gasteiger partial charge in [0.05, 0.1) is 12.2 Å². The molecule has 0 N–H and O–H groups in total. The van der Waals surface area contributed by atoms with Crippen LogP contribution in [0, 0.1) is 5.82 Å². The van der Waals surface area contributed by atoms with E-state index in [-0.39, 0.29) is 17.2 Å². The number of hydrogen-bond donors (Lipinski definition) is 0. The molecule has 2 nitrogen and oxygen atoms in total. The van der Waals surface area contributed by atoms with Crippen LogP contribution in [-0.2, 0) is 6.42 Å². The van der Waals surface area contributed by atoms with Gasteiger partial charge in [-0.15, -0.1) is 0 Å². The summed E-state index contributed by atoms with van der Waals surface area (Å²) in [5, 5.41) is 0.257. The van der Waals surface area contributed by atoms with Crippen molar-refractivity contribution in [3.8, 4) is 5.75 Å². The zero-order chi connectivity index (χ0) is 14.5. The molecular formula is C16H14ClFO2. The summed E-state index contributed by atoms with van der Waals surface area (Å²) in [6.45, 7) is 2.35. The van der Waals surface area contributed by atoms with Crippen LogP contribution in [0.5, 0.6) is 5.75 Å². The molecule has 0 fully saturated rings. The Morgan fingerprint density at radius 3 is 2.70 bits per heavy atom. The quantitative estimate of drug-likeness (QED) is 0.768. The van der Waals surface area contributed by atoms with Crippen molar-refractivity contribution in [1.82, 2.24) is 0 Å². The van der Waals surface area contributed by atoms with Crippen molar-refractivity contribution < 1.29 is 13.9 Å². The fraction of sp³-hybridized carbons (Fsp3) is 0.188. The van der Waals surface area contributed by atoms with Crippen molar-refractivity contribution in [2.75, 3.05) is 6.61 Å².